The summed E-state index contributed by atoms with van der Waals surface area (Å²) in [6.45, 7) is 0. The van der Waals surface area contributed by atoms with E-state index < -0.39 is 16.1 Å². The van der Waals surface area contributed by atoms with E-state index in [9.17, 15) is 0 Å². The van der Waals surface area contributed by atoms with Crippen molar-refractivity contribution in [2.24, 2.45) is 0 Å². The first-order chi connectivity index (χ1) is 28.7. The molecule has 2 nitrogen and oxygen atoms in total. The third-order valence-corrected chi connectivity index (χ3v) is 21.7. The molecule has 274 valence electrons. The topological polar surface area (TPSA) is 22.4 Å². The van der Waals surface area contributed by atoms with Crippen LogP contribution in [-0.4, -0.2) is 16.1 Å². The van der Waals surface area contributed by atoms with Crippen molar-refractivity contribution >= 4 is 79.6 Å². The highest BCUT2D eigenvalue weighted by atomic mass is 28.3. The van der Waals surface area contributed by atoms with Gasteiger partial charge in [-0.3, -0.25) is 0 Å². The van der Waals surface area contributed by atoms with Crippen LogP contribution in [0.15, 0.2) is 235 Å². The van der Waals surface area contributed by atoms with Crippen molar-refractivity contribution in [1.82, 2.24) is 0 Å². The average Bonchev–Trinajstić information content (AvgIpc) is 3.68. The predicted molar refractivity (Wildman–Crippen MR) is 246 cm³/mol. The molecule has 0 saturated heterocycles. The van der Waals surface area contributed by atoms with Gasteiger partial charge in [0, 0.05) is 10.8 Å². The highest BCUT2D eigenvalue weighted by Crippen LogP contribution is 2.35. The SMILES string of the molecule is c1ccc([Si](c2ccccc2)(c2ccccc2)c2ccc3c(c2)[Si](c2ccccc2)(c2ccccc2)c2cc(-c4ccc5oc6ccccc6c5c4)ccc2O3)cc1. The van der Waals surface area contributed by atoms with E-state index in [4.69, 9.17) is 9.15 Å². The van der Waals surface area contributed by atoms with Gasteiger partial charge < -0.3 is 9.15 Å². The zero-order chi connectivity index (χ0) is 38.5. The summed E-state index contributed by atoms with van der Waals surface area (Å²) in [5, 5.41) is 12.8. The molecule has 11 rings (SSSR count). The summed E-state index contributed by atoms with van der Waals surface area (Å²) >= 11 is 0. The zero-order valence-corrected chi connectivity index (χ0v) is 33.8. The summed E-state index contributed by atoms with van der Waals surface area (Å²) < 4.78 is 13.3. The van der Waals surface area contributed by atoms with Crippen molar-refractivity contribution in [3.63, 3.8) is 0 Å². The van der Waals surface area contributed by atoms with Crippen molar-refractivity contribution in [2.45, 2.75) is 0 Å². The Balaban J connectivity index is 1.22. The van der Waals surface area contributed by atoms with Gasteiger partial charge in [-0.25, -0.2) is 0 Å². The van der Waals surface area contributed by atoms with Crippen LogP contribution >= 0.6 is 0 Å². The van der Waals surface area contributed by atoms with Crippen LogP contribution in [0.4, 0.5) is 0 Å². The van der Waals surface area contributed by atoms with Crippen LogP contribution in [-0.2, 0) is 0 Å². The Morgan fingerprint density at radius 3 is 1.36 bits per heavy atom. The molecule has 1 aromatic heterocycles. The molecule has 0 amide bonds. The quantitative estimate of drug-likeness (QED) is 0.121. The van der Waals surface area contributed by atoms with Gasteiger partial charge in [-0.15, -0.1) is 0 Å². The maximum atomic E-state index is 7.10. The molecule has 0 bridgehead atoms. The van der Waals surface area contributed by atoms with E-state index in [1.807, 2.05) is 12.1 Å². The second-order valence-electron chi connectivity index (χ2n) is 15.2. The Morgan fingerprint density at radius 2 is 0.776 bits per heavy atom. The number of benzene rings is 9. The Kier molecular flexibility index (Phi) is 8.21. The standard InChI is InChI=1S/C54H38O2Si2/c1-6-18-41(19-7-1)57(42-20-8-2-9-21-42,43-22-10-3-11-23-43)46-32-35-52-54(38-46)58(44-24-12-4-13-25-44,45-26-14-5-15-27-45)53-37-40(31-34-51(53)56-52)39-30-33-50-48(36-39)47-28-16-17-29-49(47)55-50/h1-38H. The maximum Gasteiger partial charge on any atom is 0.188 e. The van der Waals surface area contributed by atoms with Crippen LogP contribution in [0.5, 0.6) is 11.5 Å². The van der Waals surface area contributed by atoms with Crippen molar-refractivity contribution < 1.29 is 9.15 Å². The molecule has 9 aromatic carbocycles. The first-order valence-corrected chi connectivity index (χ1v) is 23.9. The number of rotatable bonds is 7. The van der Waals surface area contributed by atoms with Crippen molar-refractivity contribution in [3.05, 3.63) is 231 Å². The normalized spacial score (nSPS) is 13.1. The van der Waals surface area contributed by atoms with Gasteiger partial charge >= 0.3 is 0 Å². The molecule has 0 aliphatic carbocycles. The number of hydrogen-bond acceptors (Lipinski definition) is 2. The fourth-order valence-corrected chi connectivity index (χ4v) is 19.6. The van der Waals surface area contributed by atoms with Gasteiger partial charge in [0.15, 0.2) is 16.1 Å². The Morgan fingerprint density at radius 1 is 0.328 bits per heavy atom. The molecule has 0 atom stereocenters. The molecule has 0 fully saturated rings. The molecular formula is C54H38O2Si2. The lowest BCUT2D eigenvalue weighted by Gasteiger charge is -2.41. The summed E-state index contributed by atoms with van der Waals surface area (Å²) in [5.74, 6) is 1.84. The van der Waals surface area contributed by atoms with Gasteiger partial charge in [0.2, 0.25) is 0 Å². The molecule has 0 N–H and O–H groups in total. The van der Waals surface area contributed by atoms with Crippen LogP contribution in [0.3, 0.4) is 0 Å². The highest BCUT2D eigenvalue weighted by Gasteiger charge is 2.50. The fraction of sp³-hybridized carbons (Fsp3) is 0. The second kappa shape index (κ2) is 13.9. The van der Waals surface area contributed by atoms with E-state index in [0.29, 0.717) is 0 Å². The Labute approximate surface area is 340 Å². The monoisotopic (exact) mass is 774 g/mol. The number of ether oxygens (including phenoxy) is 1. The van der Waals surface area contributed by atoms with Gasteiger partial charge in [0.25, 0.3) is 0 Å². The number of fused-ring (bicyclic) bond motifs is 5. The van der Waals surface area contributed by atoms with E-state index in [-0.39, 0.29) is 0 Å². The van der Waals surface area contributed by atoms with E-state index in [0.717, 1.165) is 44.6 Å². The molecule has 10 aromatic rings. The maximum absolute atomic E-state index is 7.10. The van der Waals surface area contributed by atoms with E-state index in [1.165, 1.54) is 41.5 Å². The van der Waals surface area contributed by atoms with Crippen LogP contribution < -0.4 is 46.2 Å². The largest absolute Gasteiger partial charge is 0.458 e. The number of furan rings is 1. The lowest BCUT2D eigenvalue weighted by molar-refractivity contribution is 0.487. The third-order valence-electron chi connectivity index (χ3n) is 12.2. The minimum Gasteiger partial charge on any atom is -0.458 e. The smallest absolute Gasteiger partial charge is 0.188 e. The van der Waals surface area contributed by atoms with Gasteiger partial charge in [-0.05, 0) is 83.0 Å². The van der Waals surface area contributed by atoms with Gasteiger partial charge in [-0.1, -0.05) is 200 Å². The molecule has 2 heterocycles. The predicted octanol–water partition coefficient (Wildman–Crippen LogP) is 8.11. The van der Waals surface area contributed by atoms with Crippen LogP contribution in [0.1, 0.15) is 0 Å². The fourth-order valence-electron chi connectivity index (χ4n) is 9.64. The van der Waals surface area contributed by atoms with E-state index in [1.54, 1.807) is 0 Å². The third kappa shape index (κ3) is 5.23. The van der Waals surface area contributed by atoms with E-state index >= 15 is 0 Å². The Bertz CT molecular complexity index is 2940. The number of para-hydroxylation sites is 1. The first-order valence-electron chi connectivity index (χ1n) is 19.9. The number of hydrogen-bond donors (Lipinski definition) is 0. The minimum absolute atomic E-state index is 0.896. The molecule has 1 aliphatic rings. The van der Waals surface area contributed by atoms with Crippen molar-refractivity contribution in [2.75, 3.05) is 0 Å². The summed E-state index contributed by atoms with van der Waals surface area (Å²) in [5.41, 5.74) is 4.10. The molecule has 0 saturated carbocycles. The first kappa shape index (κ1) is 34.3. The summed E-state index contributed by atoms with van der Waals surface area (Å²) in [6.07, 6.45) is 0. The Hall–Kier alpha value is -6.99. The van der Waals surface area contributed by atoms with Gasteiger partial charge in [-0.2, -0.15) is 0 Å². The second-order valence-corrected chi connectivity index (χ2v) is 22.7. The van der Waals surface area contributed by atoms with Crippen LogP contribution in [0.2, 0.25) is 0 Å². The molecule has 58 heavy (non-hydrogen) atoms. The van der Waals surface area contributed by atoms with Crippen LogP contribution in [0, 0.1) is 0 Å². The van der Waals surface area contributed by atoms with E-state index in [2.05, 4.69) is 218 Å². The molecule has 4 heteroatoms. The molecular weight excluding hydrogens is 737 g/mol. The highest BCUT2D eigenvalue weighted by molar-refractivity contribution is 7.22. The molecule has 0 radical (unpaired) electrons. The summed E-state index contributed by atoms with van der Waals surface area (Å²) in [4.78, 5) is 0. The summed E-state index contributed by atoms with van der Waals surface area (Å²) in [7, 11) is -5.92. The molecule has 1 aliphatic heterocycles. The molecule has 0 spiro atoms. The zero-order valence-electron chi connectivity index (χ0n) is 31.8. The van der Waals surface area contributed by atoms with Crippen molar-refractivity contribution in [3.8, 4) is 22.6 Å². The summed E-state index contributed by atoms with van der Waals surface area (Å²) in [6, 6.07) is 84.9. The average molecular weight is 775 g/mol. The minimum atomic E-state index is -3.06. The lowest BCUT2D eigenvalue weighted by Crippen LogP contribution is -2.78. The van der Waals surface area contributed by atoms with Gasteiger partial charge in [0.05, 0.1) is 0 Å². The van der Waals surface area contributed by atoms with Crippen molar-refractivity contribution in [1.29, 1.82) is 0 Å². The van der Waals surface area contributed by atoms with Gasteiger partial charge in [0.1, 0.15) is 22.7 Å². The van der Waals surface area contributed by atoms with Crippen LogP contribution in [0.25, 0.3) is 33.1 Å². The molecule has 0 unspecified atom stereocenters. The lowest BCUT2D eigenvalue weighted by atomic mass is 10.0.